The molecule has 1 saturated heterocycles. The molecule has 1 N–H and O–H groups in total. The number of hydrogen-bond acceptors (Lipinski definition) is 6. The molecule has 1 aromatic heterocycles. The van der Waals surface area contributed by atoms with Gasteiger partial charge in [-0.2, -0.15) is 15.0 Å². The molecule has 0 amide bonds. The van der Waals surface area contributed by atoms with Gasteiger partial charge in [0, 0.05) is 19.6 Å². The molecule has 1 fully saturated rings. The summed E-state index contributed by atoms with van der Waals surface area (Å²) < 4.78 is 5.52. The molecule has 20 heavy (non-hydrogen) atoms. The average Bonchev–Trinajstić information content (AvgIpc) is 2.99. The highest BCUT2D eigenvalue weighted by atomic mass is 16.5. The van der Waals surface area contributed by atoms with Crippen molar-refractivity contribution in [3.05, 3.63) is 0 Å². The van der Waals surface area contributed by atoms with E-state index in [0.717, 1.165) is 26.1 Å². The summed E-state index contributed by atoms with van der Waals surface area (Å²) in [4.78, 5) is 15.2. The predicted octanol–water partition coefficient (Wildman–Crippen LogP) is 1.69. The molecule has 0 spiro atoms. The largest absolute Gasteiger partial charge is 0.447 e. The van der Waals surface area contributed by atoms with Crippen molar-refractivity contribution in [1.82, 2.24) is 15.0 Å². The van der Waals surface area contributed by atoms with Crippen LogP contribution in [0.1, 0.15) is 33.1 Å². The molecule has 6 heteroatoms. The number of nitrogens with zero attached hydrogens (tertiary/aromatic N) is 4. The van der Waals surface area contributed by atoms with Gasteiger partial charge in [-0.05, 0) is 26.2 Å². The Morgan fingerprint density at radius 2 is 2.10 bits per heavy atom. The minimum atomic E-state index is -0.358. The first-order valence-corrected chi connectivity index (χ1v) is 7.10. The number of ether oxygens (including phenoxy) is 1. The van der Waals surface area contributed by atoms with Gasteiger partial charge in [0.25, 0.3) is 0 Å². The molecular weight excluding hydrogens is 254 g/mol. The summed E-state index contributed by atoms with van der Waals surface area (Å²) in [5.74, 6) is 3.72. The highest BCUT2D eigenvalue weighted by Gasteiger charge is 2.18. The smallest absolute Gasteiger partial charge is 0.324 e. The molecule has 0 bridgehead atoms. The summed E-state index contributed by atoms with van der Waals surface area (Å²) in [5.41, 5.74) is 0. The molecule has 0 aromatic carbocycles. The van der Waals surface area contributed by atoms with Crippen LogP contribution in [-0.2, 0) is 0 Å². The van der Waals surface area contributed by atoms with Crippen LogP contribution in [0.4, 0.5) is 11.9 Å². The number of terminal acetylenes is 1. The van der Waals surface area contributed by atoms with Gasteiger partial charge in [0.2, 0.25) is 11.9 Å². The van der Waals surface area contributed by atoms with Gasteiger partial charge in [0.05, 0.1) is 0 Å². The second-order valence-corrected chi connectivity index (χ2v) is 4.79. The molecular formula is C14H21N5O. The van der Waals surface area contributed by atoms with Gasteiger partial charge in [-0.1, -0.05) is 12.8 Å². The summed E-state index contributed by atoms with van der Waals surface area (Å²) in [7, 11) is 0. The van der Waals surface area contributed by atoms with Crippen molar-refractivity contribution < 1.29 is 4.74 Å². The fourth-order valence-corrected chi connectivity index (χ4v) is 1.97. The van der Waals surface area contributed by atoms with Gasteiger partial charge in [-0.25, -0.2) is 0 Å². The zero-order chi connectivity index (χ0) is 14.4. The molecule has 2 heterocycles. The Balaban J connectivity index is 2.21. The molecule has 1 aliphatic rings. The third-order valence-corrected chi connectivity index (χ3v) is 3.04. The first-order valence-electron chi connectivity index (χ1n) is 7.10. The first-order chi connectivity index (χ1) is 9.72. The van der Waals surface area contributed by atoms with Crippen LogP contribution in [0.3, 0.4) is 0 Å². The average molecular weight is 275 g/mol. The van der Waals surface area contributed by atoms with Gasteiger partial charge in [0.15, 0.2) is 6.10 Å². The van der Waals surface area contributed by atoms with Crippen molar-refractivity contribution in [3.8, 4) is 18.4 Å². The molecule has 0 aliphatic carbocycles. The van der Waals surface area contributed by atoms with E-state index in [9.17, 15) is 0 Å². The van der Waals surface area contributed by atoms with Crippen molar-refractivity contribution in [2.24, 2.45) is 0 Å². The number of nitrogens with one attached hydrogen (secondary N) is 1. The minimum absolute atomic E-state index is 0.283. The monoisotopic (exact) mass is 275 g/mol. The zero-order valence-corrected chi connectivity index (χ0v) is 12.1. The fraction of sp³-hybridized carbons (Fsp3) is 0.643. The normalized spacial score (nSPS) is 15.8. The van der Waals surface area contributed by atoms with Crippen molar-refractivity contribution in [1.29, 1.82) is 0 Å². The van der Waals surface area contributed by atoms with E-state index in [-0.39, 0.29) is 12.1 Å². The number of rotatable bonds is 6. The minimum Gasteiger partial charge on any atom is -0.447 e. The van der Waals surface area contributed by atoms with Crippen molar-refractivity contribution in [3.63, 3.8) is 0 Å². The lowest BCUT2D eigenvalue weighted by Gasteiger charge is -2.17. The fourth-order valence-electron chi connectivity index (χ4n) is 1.97. The first kappa shape index (κ1) is 14.4. The van der Waals surface area contributed by atoms with E-state index in [1.165, 1.54) is 12.8 Å². The topological polar surface area (TPSA) is 63.2 Å². The van der Waals surface area contributed by atoms with Crippen LogP contribution in [0.2, 0.25) is 0 Å². The van der Waals surface area contributed by atoms with Crippen LogP contribution >= 0.6 is 0 Å². The van der Waals surface area contributed by atoms with Gasteiger partial charge in [-0.3, -0.25) is 0 Å². The van der Waals surface area contributed by atoms with Crippen LogP contribution in [0, 0.1) is 12.3 Å². The lowest BCUT2D eigenvalue weighted by atomic mass is 10.4. The lowest BCUT2D eigenvalue weighted by molar-refractivity contribution is 0.256. The highest BCUT2D eigenvalue weighted by molar-refractivity contribution is 5.39. The standard InChI is InChI=1S/C14H21N5O/c1-4-8-15-12-16-13(19-9-6-7-10-19)18-14(17-12)20-11(3)5-2/h2,11H,4,6-10H2,1,3H3,(H,15,16,17,18). The molecule has 1 atom stereocenters. The van der Waals surface area contributed by atoms with Crippen LogP contribution in [0.15, 0.2) is 0 Å². The second kappa shape index (κ2) is 6.94. The number of aromatic nitrogens is 3. The van der Waals surface area contributed by atoms with Gasteiger partial charge >= 0.3 is 6.01 Å². The second-order valence-electron chi connectivity index (χ2n) is 4.79. The molecule has 6 nitrogen and oxygen atoms in total. The Bertz CT molecular complexity index is 479. The summed E-state index contributed by atoms with van der Waals surface area (Å²) in [6, 6.07) is 0.283. The molecule has 108 valence electrons. The van der Waals surface area contributed by atoms with E-state index in [1.54, 1.807) is 6.92 Å². The quantitative estimate of drug-likeness (QED) is 0.797. The van der Waals surface area contributed by atoms with Gasteiger partial charge in [-0.15, -0.1) is 6.42 Å². The molecule has 1 aliphatic heterocycles. The Morgan fingerprint density at radius 1 is 1.35 bits per heavy atom. The Labute approximate surface area is 120 Å². The summed E-state index contributed by atoms with van der Waals surface area (Å²) >= 11 is 0. The Hall–Kier alpha value is -2.03. The maximum Gasteiger partial charge on any atom is 0.324 e. The summed E-state index contributed by atoms with van der Waals surface area (Å²) in [5, 5.41) is 3.17. The SMILES string of the molecule is C#CC(C)Oc1nc(NCCC)nc(N2CCCC2)n1. The third-order valence-electron chi connectivity index (χ3n) is 3.04. The van der Waals surface area contributed by atoms with Crippen LogP contribution in [-0.4, -0.2) is 40.7 Å². The molecule has 1 aromatic rings. The van der Waals surface area contributed by atoms with Crippen molar-refractivity contribution in [2.75, 3.05) is 29.9 Å². The third kappa shape index (κ3) is 3.73. The molecule has 1 unspecified atom stereocenters. The van der Waals surface area contributed by atoms with E-state index < -0.39 is 0 Å². The predicted molar refractivity (Wildman–Crippen MR) is 79.0 cm³/mol. The van der Waals surface area contributed by atoms with E-state index in [1.807, 2.05) is 0 Å². The van der Waals surface area contributed by atoms with E-state index in [2.05, 4.69) is 38.0 Å². The molecule has 0 radical (unpaired) electrons. The summed E-state index contributed by atoms with van der Waals surface area (Å²) in [6.07, 6.45) is 8.30. The zero-order valence-electron chi connectivity index (χ0n) is 12.1. The number of anilines is 2. The van der Waals surface area contributed by atoms with Gasteiger partial charge in [0.1, 0.15) is 0 Å². The molecule has 0 saturated carbocycles. The summed E-state index contributed by atoms with van der Waals surface area (Å²) in [6.45, 7) is 6.64. The Morgan fingerprint density at radius 3 is 2.75 bits per heavy atom. The van der Waals surface area contributed by atoms with Crippen LogP contribution < -0.4 is 15.0 Å². The molecule has 2 rings (SSSR count). The van der Waals surface area contributed by atoms with E-state index in [0.29, 0.717) is 11.9 Å². The van der Waals surface area contributed by atoms with Crippen LogP contribution in [0.5, 0.6) is 6.01 Å². The lowest BCUT2D eigenvalue weighted by Crippen LogP contribution is -2.22. The maximum atomic E-state index is 5.52. The van der Waals surface area contributed by atoms with Gasteiger partial charge < -0.3 is 15.0 Å². The van der Waals surface area contributed by atoms with Crippen molar-refractivity contribution >= 4 is 11.9 Å². The van der Waals surface area contributed by atoms with Crippen molar-refractivity contribution in [2.45, 2.75) is 39.2 Å². The van der Waals surface area contributed by atoms with Crippen LogP contribution in [0.25, 0.3) is 0 Å². The number of hydrogen-bond donors (Lipinski definition) is 1. The highest BCUT2D eigenvalue weighted by Crippen LogP contribution is 2.19. The Kier molecular flexibility index (Phi) is 4.99. The van der Waals surface area contributed by atoms with E-state index in [4.69, 9.17) is 11.2 Å². The maximum absolute atomic E-state index is 5.52. The van der Waals surface area contributed by atoms with E-state index >= 15 is 0 Å².